The number of fused-ring (bicyclic) bond motifs is 1. The molecule has 1 aliphatic carbocycles. The number of aromatic amines is 1. The van der Waals surface area contributed by atoms with Gasteiger partial charge in [-0.15, -0.1) is 0 Å². The number of ether oxygens (including phenoxy) is 1. The summed E-state index contributed by atoms with van der Waals surface area (Å²) in [5.74, 6) is 0. The summed E-state index contributed by atoms with van der Waals surface area (Å²) in [5.41, 5.74) is 3.06. The van der Waals surface area contributed by atoms with Gasteiger partial charge in [0, 0.05) is 6.20 Å². The molecule has 3 rings (SSSR count). The van der Waals surface area contributed by atoms with Crippen LogP contribution in [-0.4, -0.2) is 27.2 Å². The van der Waals surface area contributed by atoms with Gasteiger partial charge in [-0.1, -0.05) is 12.8 Å². The molecule has 0 unspecified atom stereocenters. The molecule has 1 fully saturated rings. The second-order valence-electron chi connectivity index (χ2n) is 5.24. The first-order valence-corrected chi connectivity index (χ1v) is 7.31. The maximum atomic E-state index is 5.90. The molecule has 4 nitrogen and oxygen atoms in total. The average Bonchev–Trinajstić information content (AvgIpc) is 2.98. The van der Waals surface area contributed by atoms with Crippen LogP contribution in [0.5, 0.6) is 0 Å². The normalized spacial score (nSPS) is 16.5. The fourth-order valence-corrected chi connectivity index (χ4v) is 3.01. The Morgan fingerprint density at radius 3 is 3.05 bits per heavy atom. The summed E-state index contributed by atoms with van der Waals surface area (Å²) < 4.78 is 8.65. The van der Waals surface area contributed by atoms with E-state index in [1.807, 2.05) is 17.7 Å². The lowest BCUT2D eigenvalue weighted by molar-refractivity contribution is 0.0532. The van der Waals surface area contributed by atoms with E-state index >= 15 is 0 Å². The van der Waals surface area contributed by atoms with Crippen molar-refractivity contribution in [2.75, 3.05) is 6.61 Å². The van der Waals surface area contributed by atoms with Crippen LogP contribution in [0.3, 0.4) is 0 Å². The molecule has 0 aromatic carbocycles. The van der Waals surface area contributed by atoms with E-state index in [9.17, 15) is 0 Å². The van der Waals surface area contributed by atoms with Gasteiger partial charge in [0.1, 0.15) is 0 Å². The first kappa shape index (κ1) is 12.8. The number of pyridine rings is 1. The Bertz CT molecular complexity index is 625. The van der Waals surface area contributed by atoms with E-state index in [4.69, 9.17) is 17.0 Å². The van der Waals surface area contributed by atoms with Gasteiger partial charge in [-0.05, 0) is 43.6 Å². The molecule has 1 aliphatic rings. The first-order valence-electron chi connectivity index (χ1n) is 6.91. The highest BCUT2D eigenvalue weighted by atomic mass is 32.1. The second-order valence-corrected chi connectivity index (χ2v) is 5.63. The molecule has 102 valence electrons. The van der Waals surface area contributed by atoms with Crippen molar-refractivity contribution in [1.82, 2.24) is 14.5 Å². The van der Waals surface area contributed by atoms with E-state index in [0.717, 1.165) is 28.0 Å². The third kappa shape index (κ3) is 2.72. The number of aromatic nitrogens is 3. The molecule has 19 heavy (non-hydrogen) atoms. The minimum absolute atomic E-state index is 0.453. The monoisotopic (exact) mass is 277 g/mol. The molecule has 2 heterocycles. The van der Waals surface area contributed by atoms with Crippen LogP contribution in [0.4, 0.5) is 0 Å². The Morgan fingerprint density at radius 1 is 1.47 bits per heavy atom. The fraction of sp³-hybridized carbons (Fsp3) is 0.571. The molecule has 0 radical (unpaired) electrons. The predicted octanol–water partition coefficient (Wildman–Crippen LogP) is 3.36. The van der Waals surface area contributed by atoms with Gasteiger partial charge in [-0.3, -0.25) is 4.57 Å². The van der Waals surface area contributed by atoms with Crippen LogP contribution in [0, 0.1) is 11.7 Å². The van der Waals surface area contributed by atoms with Crippen molar-refractivity contribution < 1.29 is 4.74 Å². The lowest BCUT2D eigenvalue weighted by Gasteiger charge is -2.11. The van der Waals surface area contributed by atoms with E-state index in [0.29, 0.717) is 12.7 Å². The van der Waals surface area contributed by atoms with Crippen LogP contribution in [-0.2, 0) is 11.3 Å². The first-order chi connectivity index (χ1) is 9.24. The zero-order chi connectivity index (χ0) is 13.2. The molecule has 0 amide bonds. The molecular formula is C14H19N3OS. The number of rotatable bonds is 4. The van der Waals surface area contributed by atoms with Gasteiger partial charge < -0.3 is 9.72 Å². The molecule has 1 saturated carbocycles. The van der Waals surface area contributed by atoms with Gasteiger partial charge >= 0.3 is 0 Å². The second kappa shape index (κ2) is 5.43. The predicted molar refractivity (Wildman–Crippen MR) is 77.9 cm³/mol. The van der Waals surface area contributed by atoms with Gasteiger partial charge in [0.05, 0.1) is 24.8 Å². The molecular weight excluding hydrogens is 258 g/mol. The zero-order valence-corrected chi connectivity index (χ0v) is 12.0. The van der Waals surface area contributed by atoms with Crippen molar-refractivity contribution in [2.45, 2.75) is 45.3 Å². The molecule has 1 N–H and O–H groups in total. The van der Waals surface area contributed by atoms with E-state index in [-0.39, 0.29) is 0 Å². The number of hydrogen-bond acceptors (Lipinski definition) is 3. The molecule has 5 heteroatoms. The lowest BCUT2D eigenvalue weighted by Crippen LogP contribution is -2.13. The lowest BCUT2D eigenvalue weighted by atomic mass is 10.3. The molecule has 0 aliphatic heterocycles. The van der Waals surface area contributed by atoms with Crippen LogP contribution in [0.2, 0.25) is 0 Å². The number of imidazole rings is 1. The van der Waals surface area contributed by atoms with Gasteiger partial charge in [-0.2, -0.15) is 0 Å². The van der Waals surface area contributed by atoms with Crippen LogP contribution in [0.15, 0.2) is 12.3 Å². The van der Waals surface area contributed by atoms with Crippen molar-refractivity contribution in [3.05, 3.63) is 22.6 Å². The van der Waals surface area contributed by atoms with Gasteiger partial charge in [0.2, 0.25) is 0 Å². The number of H-pyrrole nitrogens is 1. The van der Waals surface area contributed by atoms with E-state index in [1.54, 1.807) is 0 Å². The maximum absolute atomic E-state index is 5.90. The van der Waals surface area contributed by atoms with Gasteiger partial charge in [-0.25, -0.2) is 4.98 Å². The number of nitrogens with one attached hydrogen (secondary N) is 1. The van der Waals surface area contributed by atoms with Crippen LogP contribution in [0.1, 0.15) is 31.2 Å². The smallest absolute Gasteiger partial charge is 0.179 e. The Kier molecular flexibility index (Phi) is 3.66. The van der Waals surface area contributed by atoms with Crippen molar-refractivity contribution in [2.24, 2.45) is 0 Å². The van der Waals surface area contributed by atoms with Gasteiger partial charge in [0.25, 0.3) is 0 Å². The number of nitrogens with zero attached hydrogens (tertiary/aromatic N) is 2. The van der Waals surface area contributed by atoms with Crippen LogP contribution < -0.4 is 0 Å². The zero-order valence-electron chi connectivity index (χ0n) is 11.2. The van der Waals surface area contributed by atoms with Crippen LogP contribution >= 0.6 is 12.2 Å². The van der Waals surface area contributed by atoms with Crippen molar-refractivity contribution in [1.29, 1.82) is 0 Å². The largest absolute Gasteiger partial charge is 0.376 e. The quantitative estimate of drug-likeness (QED) is 0.871. The Balaban J connectivity index is 1.73. The highest BCUT2D eigenvalue weighted by Crippen LogP contribution is 2.21. The summed E-state index contributed by atoms with van der Waals surface area (Å²) in [7, 11) is 0. The maximum Gasteiger partial charge on any atom is 0.179 e. The molecule has 0 atom stereocenters. The summed E-state index contributed by atoms with van der Waals surface area (Å²) in [4.78, 5) is 7.67. The van der Waals surface area contributed by atoms with E-state index < -0.39 is 0 Å². The molecule has 0 bridgehead atoms. The highest BCUT2D eigenvalue weighted by molar-refractivity contribution is 7.71. The summed E-state index contributed by atoms with van der Waals surface area (Å²) >= 11 is 5.36. The van der Waals surface area contributed by atoms with Gasteiger partial charge in [0.15, 0.2) is 10.4 Å². The standard InChI is InChI=1S/C14H19N3OS/c1-10-8-12-13(15-9-10)17(14(19)16-12)6-7-18-11-4-2-3-5-11/h8-9,11H,2-7H2,1H3,(H,16,19). The Labute approximate surface area is 117 Å². The summed E-state index contributed by atoms with van der Waals surface area (Å²) in [6, 6.07) is 2.08. The van der Waals surface area contributed by atoms with Crippen LogP contribution in [0.25, 0.3) is 11.2 Å². The van der Waals surface area contributed by atoms with Crippen molar-refractivity contribution in [3.63, 3.8) is 0 Å². The average molecular weight is 277 g/mol. The molecule has 0 spiro atoms. The minimum atomic E-state index is 0.453. The van der Waals surface area contributed by atoms with Crippen molar-refractivity contribution >= 4 is 23.4 Å². The Hall–Kier alpha value is -1.20. The molecule has 0 saturated heterocycles. The number of hydrogen-bond donors (Lipinski definition) is 1. The highest BCUT2D eigenvalue weighted by Gasteiger charge is 2.15. The summed E-state index contributed by atoms with van der Waals surface area (Å²) in [6.45, 7) is 3.51. The number of aryl methyl sites for hydroxylation is 1. The Morgan fingerprint density at radius 2 is 2.26 bits per heavy atom. The molecule has 2 aromatic heterocycles. The summed E-state index contributed by atoms with van der Waals surface area (Å²) in [6.07, 6.45) is 7.34. The van der Waals surface area contributed by atoms with E-state index in [1.165, 1.54) is 25.7 Å². The molecule has 2 aromatic rings. The van der Waals surface area contributed by atoms with Crippen molar-refractivity contribution in [3.8, 4) is 0 Å². The SMILES string of the molecule is Cc1cnc2c(c1)[nH]c(=S)n2CCOC1CCCC1. The summed E-state index contributed by atoms with van der Waals surface area (Å²) in [5, 5.41) is 0. The third-order valence-electron chi connectivity index (χ3n) is 3.72. The topological polar surface area (TPSA) is 42.8 Å². The minimum Gasteiger partial charge on any atom is -0.376 e. The van der Waals surface area contributed by atoms with E-state index in [2.05, 4.69) is 16.0 Å². The fourth-order valence-electron chi connectivity index (χ4n) is 2.72. The third-order valence-corrected chi connectivity index (χ3v) is 4.04.